The van der Waals surface area contributed by atoms with Gasteiger partial charge in [0.05, 0.1) is 7.11 Å². The fourth-order valence-corrected chi connectivity index (χ4v) is 2.42. The van der Waals surface area contributed by atoms with Gasteiger partial charge < -0.3 is 10.1 Å². The molecular formula is C14H13BrINO. The van der Waals surface area contributed by atoms with Crippen molar-refractivity contribution in [1.82, 2.24) is 0 Å². The topological polar surface area (TPSA) is 21.3 Å². The third-order valence-electron chi connectivity index (χ3n) is 2.57. The predicted molar refractivity (Wildman–Crippen MR) is 87.2 cm³/mol. The summed E-state index contributed by atoms with van der Waals surface area (Å²) in [5.41, 5.74) is 2.24. The molecule has 94 valence electrons. The molecule has 0 amide bonds. The maximum absolute atomic E-state index is 5.35. The third-order valence-corrected chi connectivity index (χ3v) is 3.78. The quantitative estimate of drug-likeness (QED) is 0.729. The standard InChI is InChI=1S/C14H13BrINO/c1-18-14-7-2-11(15)8-10(14)9-17-13-5-3-12(16)4-6-13/h2-8,17H,9H2,1H3. The van der Waals surface area contributed by atoms with Gasteiger partial charge in [0.25, 0.3) is 0 Å². The first-order valence-electron chi connectivity index (χ1n) is 5.51. The summed E-state index contributed by atoms with van der Waals surface area (Å²) in [4.78, 5) is 0. The van der Waals surface area contributed by atoms with E-state index in [2.05, 4.69) is 74.2 Å². The molecule has 0 heterocycles. The van der Waals surface area contributed by atoms with Crippen LogP contribution in [0.5, 0.6) is 5.75 Å². The van der Waals surface area contributed by atoms with Crippen molar-refractivity contribution in [3.05, 3.63) is 56.1 Å². The van der Waals surface area contributed by atoms with Crippen LogP contribution in [0, 0.1) is 3.57 Å². The van der Waals surface area contributed by atoms with Crippen molar-refractivity contribution in [3.63, 3.8) is 0 Å². The molecule has 0 aliphatic rings. The zero-order valence-electron chi connectivity index (χ0n) is 9.91. The Balaban J connectivity index is 2.09. The Hall–Kier alpha value is -0.750. The minimum Gasteiger partial charge on any atom is -0.496 e. The van der Waals surface area contributed by atoms with Crippen molar-refractivity contribution in [1.29, 1.82) is 0 Å². The van der Waals surface area contributed by atoms with Crippen molar-refractivity contribution in [2.24, 2.45) is 0 Å². The Morgan fingerprint density at radius 2 is 1.89 bits per heavy atom. The average molecular weight is 418 g/mol. The van der Waals surface area contributed by atoms with Gasteiger partial charge in [0.2, 0.25) is 0 Å². The van der Waals surface area contributed by atoms with E-state index in [-0.39, 0.29) is 0 Å². The highest BCUT2D eigenvalue weighted by Crippen LogP contribution is 2.24. The average Bonchev–Trinajstić information content (AvgIpc) is 2.38. The number of rotatable bonds is 4. The second kappa shape index (κ2) is 6.43. The molecule has 0 spiro atoms. The van der Waals surface area contributed by atoms with Crippen molar-refractivity contribution < 1.29 is 4.74 Å². The van der Waals surface area contributed by atoms with E-state index in [1.165, 1.54) is 3.57 Å². The molecule has 0 aliphatic heterocycles. The lowest BCUT2D eigenvalue weighted by Gasteiger charge is -2.11. The Kier molecular flexibility index (Phi) is 4.88. The lowest BCUT2D eigenvalue weighted by Crippen LogP contribution is -2.01. The summed E-state index contributed by atoms with van der Waals surface area (Å²) in [5.74, 6) is 0.899. The van der Waals surface area contributed by atoms with Gasteiger partial charge in [-0.3, -0.25) is 0 Å². The molecule has 2 nitrogen and oxygen atoms in total. The van der Waals surface area contributed by atoms with E-state index in [0.29, 0.717) is 0 Å². The number of nitrogens with one attached hydrogen (secondary N) is 1. The molecule has 2 aromatic rings. The number of benzene rings is 2. The molecule has 2 rings (SSSR count). The largest absolute Gasteiger partial charge is 0.496 e. The number of hydrogen-bond acceptors (Lipinski definition) is 2. The monoisotopic (exact) mass is 417 g/mol. The molecule has 0 atom stereocenters. The summed E-state index contributed by atoms with van der Waals surface area (Å²) in [6, 6.07) is 14.3. The molecule has 4 heteroatoms. The Morgan fingerprint density at radius 3 is 2.56 bits per heavy atom. The van der Waals surface area contributed by atoms with Crippen LogP contribution in [-0.2, 0) is 6.54 Å². The van der Waals surface area contributed by atoms with Gasteiger partial charge in [0.15, 0.2) is 0 Å². The second-order valence-electron chi connectivity index (χ2n) is 3.82. The van der Waals surface area contributed by atoms with E-state index in [4.69, 9.17) is 4.74 Å². The molecule has 0 aromatic heterocycles. The fraction of sp³-hybridized carbons (Fsp3) is 0.143. The number of halogens is 2. The van der Waals surface area contributed by atoms with Gasteiger partial charge in [0, 0.05) is 25.8 Å². The number of anilines is 1. The molecule has 0 radical (unpaired) electrons. The molecule has 0 fully saturated rings. The van der Waals surface area contributed by atoms with Gasteiger partial charge in [-0.1, -0.05) is 15.9 Å². The Bertz CT molecular complexity index is 528. The van der Waals surface area contributed by atoms with E-state index < -0.39 is 0 Å². The van der Waals surface area contributed by atoms with Crippen molar-refractivity contribution in [2.75, 3.05) is 12.4 Å². The van der Waals surface area contributed by atoms with Crippen LogP contribution >= 0.6 is 38.5 Å². The van der Waals surface area contributed by atoms with E-state index in [0.717, 1.165) is 28.0 Å². The molecule has 1 N–H and O–H groups in total. The first-order valence-corrected chi connectivity index (χ1v) is 7.38. The first kappa shape index (κ1) is 13.7. The van der Waals surface area contributed by atoms with Crippen LogP contribution in [0.1, 0.15) is 5.56 Å². The minimum absolute atomic E-state index is 0.739. The Labute approximate surface area is 129 Å². The molecular weight excluding hydrogens is 405 g/mol. The van der Waals surface area contributed by atoms with Crippen LogP contribution in [0.4, 0.5) is 5.69 Å². The highest BCUT2D eigenvalue weighted by Gasteiger charge is 2.03. The molecule has 0 unspecified atom stereocenters. The highest BCUT2D eigenvalue weighted by atomic mass is 127. The summed E-state index contributed by atoms with van der Waals surface area (Å²) in [7, 11) is 1.69. The zero-order valence-corrected chi connectivity index (χ0v) is 13.7. The summed E-state index contributed by atoms with van der Waals surface area (Å²) in [5, 5.41) is 3.39. The van der Waals surface area contributed by atoms with E-state index >= 15 is 0 Å². The Morgan fingerprint density at radius 1 is 1.17 bits per heavy atom. The van der Waals surface area contributed by atoms with Gasteiger partial charge >= 0.3 is 0 Å². The summed E-state index contributed by atoms with van der Waals surface area (Å²) >= 11 is 5.78. The van der Waals surface area contributed by atoms with Crippen LogP contribution < -0.4 is 10.1 Å². The molecule has 0 saturated heterocycles. The maximum atomic E-state index is 5.35. The van der Waals surface area contributed by atoms with Crippen LogP contribution in [0.2, 0.25) is 0 Å². The van der Waals surface area contributed by atoms with Crippen LogP contribution in [0.15, 0.2) is 46.9 Å². The first-order chi connectivity index (χ1) is 8.69. The number of ether oxygens (including phenoxy) is 1. The summed E-state index contributed by atoms with van der Waals surface area (Å²) < 4.78 is 7.64. The van der Waals surface area contributed by atoms with Gasteiger partial charge in [-0.15, -0.1) is 0 Å². The molecule has 2 aromatic carbocycles. The lowest BCUT2D eigenvalue weighted by atomic mass is 10.2. The summed E-state index contributed by atoms with van der Waals surface area (Å²) in [6.07, 6.45) is 0. The van der Waals surface area contributed by atoms with E-state index in [1.54, 1.807) is 7.11 Å². The van der Waals surface area contributed by atoms with Gasteiger partial charge in [-0.2, -0.15) is 0 Å². The van der Waals surface area contributed by atoms with E-state index in [9.17, 15) is 0 Å². The normalized spacial score (nSPS) is 10.2. The summed E-state index contributed by atoms with van der Waals surface area (Å²) in [6.45, 7) is 0.739. The van der Waals surface area contributed by atoms with Crippen molar-refractivity contribution >= 4 is 44.2 Å². The fourth-order valence-electron chi connectivity index (χ4n) is 1.65. The maximum Gasteiger partial charge on any atom is 0.123 e. The smallest absolute Gasteiger partial charge is 0.123 e. The van der Waals surface area contributed by atoms with Gasteiger partial charge in [0.1, 0.15) is 5.75 Å². The molecule has 18 heavy (non-hydrogen) atoms. The zero-order chi connectivity index (χ0) is 13.0. The third kappa shape index (κ3) is 3.62. The minimum atomic E-state index is 0.739. The van der Waals surface area contributed by atoms with Gasteiger partial charge in [-0.25, -0.2) is 0 Å². The van der Waals surface area contributed by atoms with Crippen LogP contribution in [0.3, 0.4) is 0 Å². The predicted octanol–water partition coefficient (Wildman–Crippen LogP) is 4.67. The molecule has 0 saturated carbocycles. The SMILES string of the molecule is COc1ccc(Br)cc1CNc1ccc(I)cc1. The van der Waals surface area contributed by atoms with Crippen LogP contribution in [-0.4, -0.2) is 7.11 Å². The molecule has 0 aliphatic carbocycles. The van der Waals surface area contributed by atoms with Gasteiger partial charge in [-0.05, 0) is 65.1 Å². The number of methoxy groups -OCH3 is 1. The highest BCUT2D eigenvalue weighted by molar-refractivity contribution is 14.1. The molecule has 0 bridgehead atoms. The second-order valence-corrected chi connectivity index (χ2v) is 5.98. The number of hydrogen-bond donors (Lipinski definition) is 1. The van der Waals surface area contributed by atoms with Crippen molar-refractivity contribution in [2.45, 2.75) is 6.54 Å². The van der Waals surface area contributed by atoms with E-state index in [1.807, 2.05) is 12.1 Å². The lowest BCUT2D eigenvalue weighted by molar-refractivity contribution is 0.410. The van der Waals surface area contributed by atoms with Crippen molar-refractivity contribution in [3.8, 4) is 5.75 Å². The van der Waals surface area contributed by atoms with Crippen LogP contribution in [0.25, 0.3) is 0 Å².